The topological polar surface area (TPSA) is 75.7 Å². The molecule has 1 saturated heterocycles. The maximum absolute atomic E-state index is 13.8. The quantitative estimate of drug-likeness (QED) is 0.891. The van der Waals surface area contributed by atoms with Gasteiger partial charge >= 0.3 is 6.03 Å². The molecule has 0 aromatic heterocycles. The molecule has 1 aliphatic heterocycles. The zero-order valence-corrected chi connectivity index (χ0v) is 14.2. The first-order chi connectivity index (χ1) is 10.7. The van der Waals surface area contributed by atoms with Crippen molar-refractivity contribution >= 4 is 21.6 Å². The smallest absolute Gasteiger partial charge is 0.321 e. The van der Waals surface area contributed by atoms with Crippen molar-refractivity contribution < 1.29 is 22.3 Å². The summed E-state index contributed by atoms with van der Waals surface area (Å²) in [5.74, 6) is -0.578. The third-order valence-corrected chi connectivity index (χ3v) is 5.65. The van der Waals surface area contributed by atoms with E-state index in [1.807, 2.05) is 0 Å². The number of hydrogen-bond donors (Lipinski definition) is 1. The lowest BCUT2D eigenvalue weighted by Gasteiger charge is -2.23. The average molecular weight is 344 g/mol. The highest BCUT2D eigenvalue weighted by Crippen LogP contribution is 2.25. The van der Waals surface area contributed by atoms with Gasteiger partial charge in [-0.3, -0.25) is 0 Å². The van der Waals surface area contributed by atoms with Gasteiger partial charge in [-0.25, -0.2) is 17.6 Å². The number of sulfone groups is 1. The van der Waals surface area contributed by atoms with Crippen molar-refractivity contribution in [1.82, 2.24) is 4.90 Å². The highest BCUT2D eigenvalue weighted by molar-refractivity contribution is 7.91. The number of aryl methyl sites for hydroxylation is 1. The van der Waals surface area contributed by atoms with Crippen molar-refractivity contribution in [1.29, 1.82) is 0 Å². The fraction of sp³-hybridized carbons (Fsp3) is 0.533. The molecule has 1 N–H and O–H groups in total. The monoisotopic (exact) mass is 344 g/mol. The van der Waals surface area contributed by atoms with E-state index in [9.17, 15) is 17.6 Å². The number of benzene rings is 1. The predicted octanol–water partition coefficient (Wildman–Crippen LogP) is 2.04. The van der Waals surface area contributed by atoms with Gasteiger partial charge in [0.2, 0.25) is 0 Å². The predicted molar refractivity (Wildman–Crippen MR) is 86.1 cm³/mol. The van der Waals surface area contributed by atoms with Crippen LogP contribution in [0.25, 0.3) is 0 Å². The van der Waals surface area contributed by atoms with Gasteiger partial charge in [-0.05, 0) is 24.5 Å². The lowest BCUT2D eigenvalue weighted by molar-refractivity contribution is 0.210. The summed E-state index contributed by atoms with van der Waals surface area (Å²) in [5.41, 5.74) is 1.00. The Balaban J connectivity index is 2.14. The van der Waals surface area contributed by atoms with Crippen LogP contribution in [0, 0.1) is 18.7 Å². The first-order valence-electron chi connectivity index (χ1n) is 7.32. The van der Waals surface area contributed by atoms with Crippen LogP contribution < -0.4 is 10.1 Å². The number of nitrogens with zero attached hydrogens (tertiary/aromatic N) is 1. The largest absolute Gasteiger partial charge is 0.494 e. The van der Waals surface area contributed by atoms with Crippen LogP contribution in [0.5, 0.6) is 5.75 Å². The average Bonchev–Trinajstić information content (AvgIpc) is 2.59. The fourth-order valence-corrected chi connectivity index (χ4v) is 4.25. The molecule has 128 valence electrons. The molecule has 0 radical (unpaired) electrons. The third kappa shape index (κ3) is 4.34. The molecule has 0 spiro atoms. The van der Waals surface area contributed by atoms with E-state index in [0.29, 0.717) is 17.8 Å². The Hall–Kier alpha value is -1.83. The lowest BCUT2D eigenvalue weighted by atomic mass is 10.2. The number of ether oxygens (including phenoxy) is 1. The Kier molecular flexibility index (Phi) is 5.13. The molecule has 23 heavy (non-hydrogen) atoms. The second kappa shape index (κ2) is 6.74. The van der Waals surface area contributed by atoms with Crippen molar-refractivity contribution in [3.05, 3.63) is 23.5 Å². The first kappa shape index (κ1) is 17.5. The zero-order chi connectivity index (χ0) is 17.2. The highest BCUT2D eigenvalue weighted by Gasteiger charge is 2.27. The normalized spacial score (nSPS) is 20.7. The number of nitrogens with one attached hydrogen (secondary N) is 1. The van der Waals surface area contributed by atoms with Crippen LogP contribution in [0.15, 0.2) is 12.1 Å². The summed E-state index contributed by atoms with van der Waals surface area (Å²) in [6.45, 7) is 4.01. The van der Waals surface area contributed by atoms with Crippen LogP contribution >= 0.6 is 0 Å². The summed E-state index contributed by atoms with van der Waals surface area (Å²) in [7, 11) is -1.76. The van der Waals surface area contributed by atoms with Crippen molar-refractivity contribution in [3.8, 4) is 5.75 Å². The summed E-state index contributed by atoms with van der Waals surface area (Å²) in [5, 5.41) is 2.64. The summed E-state index contributed by atoms with van der Waals surface area (Å²) in [6, 6.07) is 2.27. The minimum atomic E-state index is -3.13. The fourth-order valence-electron chi connectivity index (χ4n) is 2.61. The second-order valence-corrected chi connectivity index (χ2v) is 8.13. The summed E-state index contributed by atoms with van der Waals surface area (Å²) in [4.78, 5) is 13.8. The molecule has 1 unspecified atom stereocenters. The van der Waals surface area contributed by atoms with Crippen molar-refractivity contribution in [3.63, 3.8) is 0 Å². The van der Waals surface area contributed by atoms with Crippen LogP contribution in [-0.4, -0.2) is 51.1 Å². The number of carbonyl (C=O) groups excluding carboxylic acids is 1. The Labute approximate surface area is 135 Å². The van der Waals surface area contributed by atoms with E-state index in [2.05, 4.69) is 5.32 Å². The van der Waals surface area contributed by atoms with Gasteiger partial charge in [0, 0.05) is 24.8 Å². The van der Waals surface area contributed by atoms with E-state index in [1.54, 1.807) is 13.8 Å². The molecule has 0 saturated carbocycles. The van der Waals surface area contributed by atoms with E-state index in [-0.39, 0.29) is 29.7 Å². The van der Waals surface area contributed by atoms with E-state index in [0.717, 1.165) is 0 Å². The van der Waals surface area contributed by atoms with Crippen LogP contribution in [0.4, 0.5) is 14.9 Å². The molecule has 1 aliphatic rings. The summed E-state index contributed by atoms with van der Waals surface area (Å²) in [6.07, 6.45) is 0. The second-order valence-electron chi connectivity index (χ2n) is 5.90. The summed E-state index contributed by atoms with van der Waals surface area (Å²) >= 11 is 0. The Morgan fingerprint density at radius 2 is 2.13 bits per heavy atom. The third-order valence-electron chi connectivity index (χ3n) is 3.77. The van der Waals surface area contributed by atoms with E-state index >= 15 is 0 Å². The molecule has 1 aromatic rings. The van der Waals surface area contributed by atoms with Gasteiger partial charge in [0.1, 0.15) is 0 Å². The van der Waals surface area contributed by atoms with E-state index < -0.39 is 21.7 Å². The Bertz CT molecular complexity index is 706. The van der Waals surface area contributed by atoms with Gasteiger partial charge < -0.3 is 15.0 Å². The van der Waals surface area contributed by atoms with Gasteiger partial charge in [-0.15, -0.1) is 0 Å². The number of halogens is 1. The maximum Gasteiger partial charge on any atom is 0.321 e. The molecule has 6 nitrogen and oxygen atoms in total. The standard InChI is InChI=1S/C15H21FN2O4S/c1-10-8-18(4-5-23(20,21)9-10)15(19)17-13-7-12(16)14(22-3)6-11(13)2/h6-7,10H,4-5,8-9H2,1-3H3,(H,17,19). The number of rotatable bonds is 2. The van der Waals surface area contributed by atoms with Gasteiger partial charge in [-0.2, -0.15) is 0 Å². The molecule has 0 aliphatic carbocycles. The number of methoxy groups -OCH3 is 1. The molecule has 1 atom stereocenters. The minimum absolute atomic E-state index is 0.0548. The molecule has 2 rings (SSSR count). The van der Waals surface area contributed by atoms with Crippen molar-refractivity contribution in [2.45, 2.75) is 13.8 Å². The molecule has 1 fully saturated rings. The maximum atomic E-state index is 13.8. The first-order valence-corrected chi connectivity index (χ1v) is 9.14. The molecule has 8 heteroatoms. The number of amides is 2. The number of carbonyl (C=O) groups is 1. The molecule has 2 amide bonds. The van der Waals surface area contributed by atoms with Gasteiger partial charge in [0.25, 0.3) is 0 Å². The number of urea groups is 1. The Morgan fingerprint density at radius 1 is 1.43 bits per heavy atom. The number of hydrogen-bond acceptors (Lipinski definition) is 4. The van der Waals surface area contributed by atoms with Crippen molar-refractivity contribution in [2.24, 2.45) is 5.92 Å². The zero-order valence-electron chi connectivity index (χ0n) is 13.4. The lowest BCUT2D eigenvalue weighted by Crippen LogP contribution is -2.38. The van der Waals surface area contributed by atoms with Crippen molar-refractivity contribution in [2.75, 3.05) is 37.0 Å². The molecular weight excluding hydrogens is 323 g/mol. The van der Waals surface area contributed by atoms with Gasteiger partial charge in [0.15, 0.2) is 21.4 Å². The van der Waals surface area contributed by atoms with E-state index in [1.165, 1.54) is 24.1 Å². The molecule has 1 heterocycles. The summed E-state index contributed by atoms with van der Waals surface area (Å²) < 4.78 is 42.2. The highest BCUT2D eigenvalue weighted by atomic mass is 32.2. The Morgan fingerprint density at radius 3 is 2.78 bits per heavy atom. The minimum Gasteiger partial charge on any atom is -0.494 e. The van der Waals surface area contributed by atoms with Crippen LogP contribution in [0.1, 0.15) is 12.5 Å². The van der Waals surface area contributed by atoms with Gasteiger partial charge in [0.05, 0.1) is 18.6 Å². The van der Waals surface area contributed by atoms with Crippen LogP contribution in [0.3, 0.4) is 0 Å². The van der Waals surface area contributed by atoms with Crippen LogP contribution in [-0.2, 0) is 9.84 Å². The van der Waals surface area contributed by atoms with Crippen LogP contribution in [0.2, 0.25) is 0 Å². The van der Waals surface area contributed by atoms with E-state index in [4.69, 9.17) is 4.74 Å². The van der Waals surface area contributed by atoms with Gasteiger partial charge in [-0.1, -0.05) is 6.92 Å². The SMILES string of the molecule is COc1cc(C)c(NC(=O)N2CCS(=O)(=O)CC(C)C2)cc1F. The molecule has 0 bridgehead atoms. The number of anilines is 1. The molecule has 1 aromatic carbocycles. The molecular formula is C15H21FN2O4S.